The van der Waals surface area contributed by atoms with Gasteiger partial charge in [-0.1, -0.05) is 44.5 Å². The van der Waals surface area contributed by atoms with Crippen molar-refractivity contribution in [3.8, 4) is 0 Å². The minimum Gasteiger partial charge on any atom is -0.480 e. The van der Waals surface area contributed by atoms with Crippen LogP contribution in [-0.2, 0) is 10.7 Å². The van der Waals surface area contributed by atoms with Gasteiger partial charge < -0.3 is 15.3 Å². The molecule has 3 rings (SSSR count). The number of carbonyl (C=O) groups is 1. The standard InChI is InChI=1S/C23H28ClF3N4O2/c1-22(2,3)11-16(21(32)33)30-19-18(25)20(29-12-28-19)31-9-5-6-17(31)14-8-7-13(10-15(14)24)23(4,26)27/h7-8,10,12,16-17H,5-6,9,11H2,1-4H3,(H,32,33)(H,28,29,30). The van der Waals surface area contributed by atoms with Crippen molar-refractivity contribution in [2.75, 3.05) is 16.8 Å². The molecule has 10 heteroatoms. The van der Waals surface area contributed by atoms with Gasteiger partial charge in [0, 0.05) is 24.1 Å². The molecular formula is C23H28ClF3N4O2. The number of benzene rings is 1. The Hall–Kier alpha value is -2.55. The normalized spacial score (nSPS) is 17.8. The summed E-state index contributed by atoms with van der Waals surface area (Å²) in [6.45, 7) is 6.96. The lowest BCUT2D eigenvalue weighted by Gasteiger charge is -2.28. The highest BCUT2D eigenvalue weighted by molar-refractivity contribution is 6.31. The van der Waals surface area contributed by atoms with E-state index in [4.69, 9.17) is 11.6 Å². The lowest BCUT2D eigenvalue weighted by atomic mass is 9.88. The highest BCUT2D eigenvalue weighted by Crippen LogP contribution is 2.41. The molecule has 0 radical (unpaired) electrons. The van der Waals surface area contributed by atoms with Crippen LogP contribution in [0.1, 0.15) is 64.1 Å². The average Bonchev–Trinajstić information content (AvgIpc) is 3.16. The Morgan fingerprint density at radius 3 is 2.58 bits per heavy atom. The predicted molar refractivity (Wildman–Crippen MR) is 121 cm³/mol. The molecule has 2 atom stereocenters. The van der Waals surface area contributed by atoms with Gasteiger partial charge in [-0.05, 0) is 36.3 Å². The first-order valence-electron chi connectivity index (χ1n) is 10.7. The smallest absolute Gasteiger partial charge is 0.326 e. The van der Waals surface area contributed by atoms with E-state index in [2.05, 4.69) is 15.3 Å². The van der Waals surface area contributed by atoms with Crippen molar-refractivity contribution in [2.45, 2.75) is 65.0 Å². The quantitative estimate of drug-likeness (QED) is 0.500. The van der Waals surface area contributed by atoms with Crippen LogP contribution in [0.2, 0.25) is 5.02 Å². The summed E-state index contributed by atoms with van der Waals surface area (Å²) < 4.78 is 42.8. The molecule has 2 unspecified atom stereocenters. The number of nitrogens with one attached hydrogen (secondary N) is 1. The molecule has 2 heterocycles. The van der Waals surface area contributed by atoms with Crippen molar-refractivity contribution in [1.82, 2.24) is 9.97 Å². The molecule has 2 N–H and O–H groups in total. The number of alkyl halides is 2. The third kappa shape index (κ3) is 5.88. The second-order valence-corrected chi connectivity index (χ2v) is 10.0. The third-order valence-corrected chi connectivity index (χ3v) is 5.92. The van der Waals surface area contributed by atoms with Crippen molar-refractivity contribution in [2.24, 2.45) is 5.41 Å². The van der Waals surface area contributed by atoms with Gasteiger partial charge in [-0.25, -0.2) is 23.5 Å². The van der Waals surface area contributed by atoms with Gasteiger partial charge in [0.25, 0.3) is 5.92 Å². The average molecular weight is 485 g/mol. The summed E-state index contributed by atoms with van der Waals surface area (Å²) in [5.41, 5.74) is 0.102. The second-order valence-electron chi connectivity index (χ2n) is 9.64. The highest BCUT2D eigenvalue weighted by atomic mass is 35.5. The summed E-state index contributed by atoms with van der Waals surface area (Å²) in [6, 6.07) is 2.71. The summed E-state index contributed by atoms with van der Waals surface area (Å²) in [5.74, 6) is -5.09. The van der Waals surface area contributed by atoms with Gasteiger partial charge in [-0.15, -0.1) is 0 Å². The maximum absolute atomic E-state index is 15.4. The summed E-state index contributed by atoms with van der Waals surface area (Å²) in [6.07, 6.45) is 2.79. The molecule has 6 nitrogen and oxygen atoms in total. The lowest BCUT2D eigenvalue weighted by molar-refractivity contribution is -0.138. The Morgan fingerprint density at radius 2 is 2.00 bits per heavy atom. The van der Waals surface area contributed by atoms with E-state index in [1.165, 1.54) is 18.5 Å². The molecule has 0 spiro atoms. The molecule has 1 fully saturated rings. The highest BCUT2D eigenvalue weighted by Gasteiger charge is 2.34. The first kappa shape index (κ1) is 25.1. The zero-order valence-electron chi connectivity index (χ0n) is 19.0. The molecule has 1 aromatic carbocycles. The van der Waals surface area contributed by atoms with Crippen molar-refractivity contribution in [3.63, 3.8) is 0 Å². The molecule has 2 aromatic rings. The van der Waals surface area contributed by atoms with Crippen molar-refractivity contribution < 1.29 is 23.1 Å². The van der Waals surface area contributed by atoms with Crippen molar-refractivity contribution in [3.05, 3.63) is 46.5 Å². The lowest BCUT2D eigenvalue weighted by Crippen LogP contribution is -2.34. The third-order valence-electron chi connectivity index (χ3n) is 5.59. The van der Waals surface area contributed by atoms with Crippen molar-refractivity contribution in [1.29, 1.82) is 0 Å². The Morgan fingerprint density at radius 1 is 1.30 bits per heavy atom. The Kier molecular flexibility index (Phi) is 7.12. The maximum atomic E-state index is 15.4. The zero-order valence-corrected chi connectivity index (χ0v) is 19.8. The van der Waals surface area contributed by atoms with Crippen LogP contribution >= 0.6 is 11.6 Å². The topological polar surface area (TPSA) is 78.4 Å². The van der Waals surface area contributed by atoms with Crippen LogP contribution in [0, 0.1) is 11.2 Å². The minimum atomic E-state index is -3.02. The van der Waals surface area contributed by atoms with Crippen LogP contribution in [0.15, 0.2) is 24.5 Å². The summed E-state index contributed by atoms with van der Waals surface area (Å²) >= 11 is 6.34. The Balaban J connectivity index is 1.91. The van der Waals surface area contributed by atoms with Gasteiger partial charge in [0.15, 0.2) is 11.6 Å². The van der Waals surface area contributed by atoms with E-state index < -0.39 is 23.8 Å². The molecule has 0 saturated carbocycles. The zero-order chi connectivity index (χ0) is 24.6. The molecule has 0 bridgehead atoms. The van der Waals surface area contributed by atoms with Gasteiger partial charge in [-0.2, -0.15) is 4.39 Å². The molecule has 0 amide bonds. The maximum Gasteiger partial charge on any atom is 0.326 e. The molecule has 1 saturated heterocycles. The molecule has 0 aliphatic carbocycles. The number of aliphatic carboxylic acids is 1. The van der Waals surface area contributed by atoms with Gasteiger partial charge >= 0.3 is 5.97 Å². The Labute approximate surface area is 196 Å². The number of rotatable bonds is 7. The molecule has 1 aromatic heterocycles. The number of carboxylic acid groups (broad SMARTS) is 1. The molecule has 33 heavy (non-hydrogen) atoms. The van der Waals surface area contributed by atoms with Gasteiger partial charge in [-0.3, -0.25) is 0 Å². The van der Waals surface area contributed by atoms with Crippen LogP contribution in [0.4, 0.5) is 24.8 Å². The van der Waals surface area contributed by atoms with E-state index in [1.807, 2.05) is 20.8 Å². The van der Waals surface area contributed by atoms with Crippen molar-refractivity contribution >= 4 is 29.2 Å². The second kappa shape index (κ2) is 9.37. The van der Waals surface area contributed by atoms with Crippen LogP contribution < -0.4 is 10.2 Å². The van der Waals surface area contributed by atoms with E-state index >= 15 is 4.39 Å². The number of halogens is 4. The summed E-state index contributed by atoms with van der Waals surface area (Å²) in [5, 5.41) is 12.4. The number of hydrogen-bond acceptors (Lipinski definition) is 5. The fourth-order valence-corrected chi connectivity index (χ4v) is 4.36. The summed E-state index contributed by atoms with van der Waals surface area (Å²) in [7, 11) is 0. The van der Waals surface area contributed by atoms with E-state index in [9.17, 15) is 18.7 Å². The van der Waals surface area contributed by atoms with Gasteiger partial charge in [0.1, 0.15) is 12.4 Å². The number of anilines is 2. The molecule has 1 aliphatic heterocycles. The van der Waals surface area contributed by atoms with Crippen LogP contribution in [0.5, 0.6) is 0 Å². The first-order valence-corrected chi connectivity index (χ1v) is 11.1. The van der Waals surface area contributed by atoms with E-state index in [0.717, 1.165) is 13.3 Å². The molecule has 1 aliphatic rings. The number of nitrogens with zero attached hydrogens (tertiary/aromatic N) is 3. The van der Waals surface area contributed by atoms with Gasteiger partial charge in [0.2, 0.25) is 5.82 Å². The minimum absolute atomic E-state index is 0.0101. The van der Waals surface area contributed by atoms with Crippen LogP contribution in [0.3, 0.4) is 0 Å². The molecular weight excluding hydrogens is 457 g/mol. The fourth-order valence-electron chi connectivity index (χ4n) is 4.05. The summed E-state index contributed by atoms with van der Waals surface area (Å²) in [4.78, 5) is 21.4. The molecule has 180 valence electrons. The monoisotopic (exact) mass is 484 g/mol. The number of aromatic nitrogens is 2. The van der Waals surface area contributed by atoms with Crippen LogP contribution in [0.25, 0.3) is 0 Å². The number of hydrogen-bond donors (Lipinski definition) is 2. The van der Waals surface area contributed by atoms with E-state index in [0.29, 0.717) is 18.5 Å². The fraction of sp³-hybridized carbons (Fsp3) is 0.522. The number of carboxylic acids is 1. The van der Waals surface area contributed by atoms with E-state index in [-0.39, 0.29) is 40.1 Å². The largest absolute Gasteiger partial charge is 0.480 e. The first-order chi connectivity index (χ1) is 15.3. The van der Waals surface area contributed by atoms with Crippen LogP contribution in [-0.4, -0.2) is 33.6 Å². The predicted octanol–water partition coefficient (Wildman–Crippen LogP) is 6.02. The Bertz CT molecular complexity index is 1020. The van der Waals surface area contributed by atoms with Gasteiger partial charge in [0.05, 0.1) is 6.04 Å². The van der Waals surface area contributed by atoms with E-state index in [1.54, 1.807) is 11.0 Å². The SMILES string of the molecule is CC(C)(C)CC(Nc1ncnc(N2CCCC2c2ccc(C(C)(F)F)cc2Cl)c1F)C(=O)O.